The highest BCUT2D eigenvalue weighted by molar-refractivity contribution is 5.36. The number of piperidine rings is 1. The van der Waals surface area contributed by atoms with Crippen LogP contribution in [-0.4, -0.2) is 55.0 Å². The van der Waals surface area contributed by atoms with Crippen LogP contribution in [0.2, 0.25) is 0 Å². The molecule has 1 aliphatic heterocycles. The Morgan fingerprint density at radius 1 is 1.25 bits per heavy atom. The molecule has 0 radical (unpaired) electrons. The van der Waals surface area contributed by atoms with Crippen molar-refractivity contribution in [3.05, 3.63) is 30.0 Å². The summed E-state index contributed by atoms with van der Waals surface area (Å²) in [5.74, 6) is 4.16. The summed E-state index contributed by atoms with van der Waals surface area (Å²) < 4.78 is 13.0. The summed E-state index contributed by atoms with van der Waals surface area (Å²) in [5.41, 5.74) is 1.81. The maximum absolute atomic E-state index is 5.98. The molecule has 32 heavy (non-hydrogen) atoms. The van der Waals surface area contributed by atoms with Crippen LogP contribution in [0.1, 0.15) is 56.8 Å². The van der Waals surface area contributed by atoms with Crippen molar-refractivity contribution < 1.29 is 9.26 Å². The molecule has 0 aromatic carbocycles. The van der Waals surface area contributed by atoms with E-state index < -0.39 is 0 Å². The molecule has 1 saturated heterocycles. The van der Waals surface area contributed by atoms with Crippen molar-refractivity contribution in [1.29, 1.82) is 0 Å². The lowest BCUT2D eigenvalue weighted by atomic mass is 9.90. The first-order valence-corrected chi connectivity index (χ1v) is 11.5. The topological polar surface area (TPSA) is 108 Å². The molecule has 2 atom stereocenters. The fraction of sp³-hybridized carbons (Fsp3) is 0.636. The highest BCUT2D eigenvalue weighted by Crippen LogP contribution is 2.50. The highest BCUT2D eigenvalue weighted by Gasteiger charge is 2.43. The predicted octanol–water partition coefficient (Wildman–Crippen LogP) is 3.19. The van der Waals surface area contributed by atoms with Gasteiger partial charge in [0.05, 0.1) is 18.5 Å². The Balaban J connectivity index is 1.05. The zero-order valence-corrected chi connectivity index (χ0v) is 18.9. The average molecular weight is 439 g/mol. The Kier molecular flexibility index (Phi) is 5.75. The molecule has 1 saturated carbocycles. The molecule has 2 aliphatic rings. The third-order valence-corrected chi connectivity index (χ3v) is 6.70. The van der Waals surface area contributed by atoms with Gasteiger partial charge in [-0.25, -0.2) is 4.98 Å². The largest absolute Gasteiger partial charge is 0.477 e. The number of tetrazole rings is 1. The number of aromatic nitrogens is 7. The smallest absolute Gasteiger partial charge is 0.324 e. The number of rotatable bonds is 8. The van der Waals surface area contributed by atoms with Gasteiger partial charge in [0.25, 0.3) is 0 Å². The van der Waals surface area contributed by atoms with Gasteiger partial charge in [-0.2, -0.15) is 9.67 Å². The number of hydrogen-bond acceptors (Lipinski definition) is 9. The van der Waals surface area contributed by atoms with Crippen molar-refractivity contribution in [2.75, 3.05) is 24.6 Å². The van der Waals surface area contributed by atoms with Gasteiger partial charge in [0.1, 0.15) is 6.33 Å². The summed E-state index contributed by atoms with van der Waals surface area (Å²) >= 11 is 0. The van der Waals surface area contributed by atoms with Gasteiger partial charge in [-0.05, 0) is 66.9 Å². The fourth-order valence-corrected chi connectivity index (χ4v) is 4.70. The van der Waals surface area contributed by atoms with E-state index in [0.29, 0.717) is 24.4 Å². The van der Waals surface area contributed by atoms with E-state index in [9.17, 15) is 0 Å². The SMILES string of the molecule is Cc1cc(-n2cnnn2)cnc1OCCC1CC1C1CCN(c2nc(C(C)C)no2)CC1. The molecule has 10 nitrogen and oxygen atoms in total. The molecule has 3 aromatic heterocycles. The van der Waals surface area contributed by atoms with Gasteiger partial charge in [0.15, 0.2) is 5.82 Å². The predicted molar refractivity (Wildman–Crippen MR) is 117 cm³/mol. The average Bonchev–Trinajstić information content (AvgIpc) is 3.19. The van der Waals surface area contributed by atoms with Crippen molar-refractivity contribution >= 4 is 6.01 Å². The molecular formula is C22H30N8O2. The van der Waals surface area contributed by atoms with Gasteiger partial charge in [-0.1, -0.05) is 19.0 Å². The minimum Gasteiger partial charge on any atom is -0.477 e. The van der Waals surface area contributed by atoms with E-state index in [0.717, 1.165) is 54.3 Å². The lowest BCUT2D eigenvalue weighted by Gasteiger charge is -2.30. The zero-order valence-electron chi connectivity index (χ0n) is 18.9. The molecule has 2 unspecified atom stereocenters. The van der Waals surface area contributed by atoms with Crippen LogP contribution in [0.4, 0.5) is 6.01 Å². The van der Waals surface area contributed by atoms with E-state index in [2.05, 4.69) is 49.4 Å². The van der Waals surface area contributed by atoms with Crippen LogP contribution in [0.25, 0.3) is 5.69 Å². The second kappa shape index (κ2) is 8.84. The Morgan fingerprint density at radius 2 is 2.09 bits per heavy atom. The molecule has 1 aliphatic carbocycles. The molecular weight excluding hydrogens is 408 g/mol. The second-order valence-corrected chi connectivity index (χ2v) is 9.28. The van der Waals surface area contributed by atoms with Crippen LogP contribution in [0.5, 0.6) is 5.88 Å². The van der Waals surface area contributed by atoms with Crippen molar-refractivity contribution in [3.8, 4) is 11.6 Å². The van der Waals surface area contributed by atoms with Crippen LogP contribution in [0.3, 0.4) is 0 Å². The van der Waals surface area contributed by atoms with Gasteiger partial charge in [0.2, 0.25) is 5.88 Å². The lowest BCUT2D eigenvalue weighted by Crippen LogP contribution is -2.34. The van der Waals surface area contributed by atoms with Gasteiger partial charge in [-0.15, -0.1) is 5.10 Å². The number of aryl methyl sites for hydroxylation is 1. The van der Waals surface area contributed by atoms with Crippen molar-refractivity contribution in [3.63, 3.8) is 0 Å². The van der Waals surface area contributed by atoms with E-state index in [1.54, 1.807) is 17.2 Å². The Hall–Kier alpha value is -3.04. The first kappa shape index (κ1) is 20.8. The molecule has 0 bridgehead atoms. The highest BCUT2D eigenvalue weighted by atomic mass is 16.5. The van der Waals surface area contributed by atoms with Crippen molar-refractivity contribution in [1.82, 2.24) is 35.3 Å². The lowest BCUT2D eigenvalue weighted by molar-refractivity contribution is 0.273. The number of hydrogen-bond donors (Lipinski definition) is 0. The number of ether oxygens (including phenoxy) is 1. The van der Waals surface area contributed by atoms with Crippen LogP contribution >= 0.6 is 0 Å². The zero-order chi connectivity index (χ0) is 22.1. The maximum atomic E-state index is 5.98. The van der Waals surface area contributed by atoms with Crippen LogP contribution in [0.15, 0.2) is 23.1 Å². The van der Waals surface area contributed by atoms with E-state index in [4.69, 9.17) is 9.26 Å². The minimum atomic E-state index is 0.294. The molecule has 4 heterocycles. The van der Waals surface area contributed by atoms with Gasteiger partial charge < -0.3 is 14.2 Å². The van der Waals surface area contributed by atoms with Crippen LogP contribution in [-0.2, 0) is 0 Å². The summed E-state index contributed by atoms with van der Waals surface area (Å²) in [7, 11) is 0. The molecule has 0 amide bonds. The summed E-state index contributed by atoms with van der Waals surface area (Å²) in [5, 5.41) is 15.3. The first-order chi connectivity index (χ1) is 15.6. The first-order valence-electron chi connectivity index (χ1n) is 11.5. The standard InChI is InChI=1S/C22H30N8O2/c1-14(2)20-25-22(32-26-20)29-7-4-16(5-8-29)19-11-17(19)6-9-31-21-15(3)10-18(12-23-21)30-13-24-27-28-30/h10,12-14,16-17,19H,4-9,11H2,1-3H3. The van der Waals surface area contributed by atoms with Gasteiger partial charge >= 0.3 is 6.01 Å². The number of anilines is 1. The summed E-state index contributed by atoms with van der Waals surface area (Å²) in [4.78, 5) is 11.2. The number of nitrogens with zero attached hydrogens (tertiary/aromatic N) is 8. The van der Waals surface area contributed by atoms with E-state index in [-0.39, 0.29) is 0 Å². The van der Waals surface area contributed by atoms with Gasteiger partial charge in [-0.3, -0.25) is 0 Å². The van der Waals surface area contributed by atoms with Crippen LogP contribution in [0, 0.1) is 24.7 Å². The Morgan fingerprint density at radius 3 is 2.78 bits per heavy atom. The Bertz CT molecular complexity index is 1030. The number of pyridine rings is 1. The van der Waals surface area contributed by atoms with Crippen LogP contribution < -0.4 is 9.64 Å². The quantitative estimate of drug-likeness (QED) is 0.524. The fourth-order valence-electron chi connectivity index (χ4n) is 4.70. The van der Waals surface area contributed by atoms with Gasteiger partial charge in [0, 0.05) is 24.6 Å². The van der Waals surface area contributed by atoms with E-state index in [1.807, 2.05) is 13.0 Å². The molecule has 0 spiro atoms. The Labute approximate surface area is 187 Å². The maximum Gasteiger partial charge on any atom is 0.324 e. The third-order valence-electron chi connectivity index (χ3n) is 6.70. The summed E-state index contributed by atoms with van der Waals surface area (Å²) in [6.07, 6.45) is 8.08. The molecule has 10 heteroatoms. The van der Waals surface area contributed by atoms with E-state index >= 15 is 0 Å². The second-order valence-electron chi connectivity index (χ2n) is 9.28. The normalized spacial score (nSPS) is 21.3. The van der Waals surface area contributed by atoms with Crippen molar-refractivity contribution in [2.45, 2.75) is 52.4 Å². The molecule has 2 fully saturated rings. The third kappa shape index (κ3) is 4.44. The molecule has 3 aromatic rings. The summed E-state index contributed by atoms with van der Waals surface area (Å²) in [6.45, 7) is 8.87. The van der Waals surface area contributed by atoms with Crippen molar-refractivity contribution in [2.24, 2.45) is 17.8 Å². The monoisotopic (exact) mass is 438 g/mol. The minimum absolute atomic E-state index is 0.294. The molecule has 170 valence electrons. The molecule has 5 rings (SSSR count). The van der Waals surface area contributed by atoms with E-state index in [1.165, 1.54) is 19.3 Å². The molecule has 0 N–H and O–H groups in total. The summed E-state index contributed by atoms with van der Waals surface area (Å²) in [6, 6.07) is 2.67.